The minimum absolute atomic E-state index is 0.260. The largest absolute Gasteiger partial charge is 0.534 e. The van der Waals surface area contributed by atoms with E-state index in [0.29, 0.717) is 18.4 Å². The van der Waals surface area contributed by atoms with E-state index >= 15 is 0 Å². The summed E-state index contributed by atoms with van der Waals surface area (Å²) in [5.41, 5.74) is -4.26. The van der Waals surface area contributed by atoms with Gasteiger partial charge in [-0.05, 0) is 35.3 Å². The zero-order valence-electron chi connectivity index (χ0n) is 11.2. The molecule has 0 atom stereocenters. The first-order valence-electron chi connectivity index (χ1n) is 6.51. The summed E-state index contributed by atoms with van der Waals surface area (Å²) < 4.78 is 64.2. The molecule has 0 radical (unpaired) electrons. The first-order valence-corrected chi connectivity index (χ1v) is 7.92. The van der Waals surface area contributed by atoms with Crippen LogP contribution in [0.1, 0.15) is 17.5 Å². The van der Waals surface area contributed by atoms with Crippen LogP contribution in [0.4, 0.5) is 13.2 Å². The van der Waals surface area contributed by atoms with Gasteiger partial charge in [0.05, 0.1) is 0 Å². The number of rotatable bonds is 2. The number of alkyl halides is 3. The zero-order valence-corrected chi connectivity index (χ0v) is 12.0. The van der Waals surface area contributed by atoms with Crippen LogP contribution in [0.25, 0.3) is 16.5 Å². The maximum atomic E-state index is 12.5. The second kappa shape index (κ2) is 5.01. The summed E-state index contributed by atoms with van der Waals surface area (Å²) in [6.07, 6.45) is 2.42. The molecule has 0 saturated carbocycles. The van der Waals surface area contributed by atoms with Gasteiger partial charge in [0.1, 0.15) is 5.76 Å². The maximum Gasteiger partial charge on any atom is 0.534 e. The molecule has 3 nitrogen and oxygen atoms in total. The molecule has 2 aromatic rings. The SMILES string of the molecule is O=S(=O)(OC1=CCCc2c1ccc1ccccc21)C(F)(F)F. The monoisotopic (exact) mass is 328 g/mol. The summed E-state index contributed by atoms with van der Waals surface area (Å²) in [4.78, 5) is 0. The van der Waals surface area contributed by atoms with Gasteiger partial charge in [-0.3, -0.25) is 0 Å². The maximum absolute atomic E-state index is 12.5. The number of hydrogen-bond acceptors (Lipinski definition) is 3. The zero-order chi connectivity index (χ0) is 16.0. The molecule has 0 heterocycles. The summed E-state index contributed by atoms with van der Waals surface area (Å²) >= 11 is 0. The molecule has 7 heteroatoms. The summed E-state index contributed by atoms with van der Waals surface area (Å²) in [7, 11) is -5.66. The predicted octanol–water partition coefficient (Wildman–Crippen LogP) is 3.99. The first-order chi connectivity index (χ1) is 10.3. The van der Waals surface area contributed by atoms with Crippen molar-refractivity contribution in [1.29, 1.82) is 0 Å². The average molecular weight is 328 g/mol. The smallest absolute Gasteiger partial charge is 0.376 e. The molecule has 22 heavy (non-hydrogen) atoms. The molecule has 0 amide bonds. The van der Waals surface area contributed by atoms with Gasteiger partial charge < -0.3 is 4.18 Å². The van der Waals surface area contributed by atoms with Crippen molar-refractivity contribution in [3.05, 3.63) is 53.6 Å². The second-order valence-corrected chi connectivity index (χ2v) is 6.44. The standard InChI is InChI=1S/C15H11F3O3S/c16-15(17,18)22(19,20)21-14-7-3-6-12-11-5-2-1-4-10(11)8-9-13(12)14/h1-2,4-5,7-9H,3,6H2. The third kappa shape index (κ3) is 2.45. The molecule has 0 saturated heterocycles. The van der Waals surface area contributed by atoms with Gasteiger partial charge in [0.25, 0.3) is 0 Å². The van der Waals surface area contributed by atoms with Crippen LogP contribution in [0.5, 0.6) is 0 Å². The predicted molar refractivity (Wildman–Crippen MR) is 76.3 cm³/mol. The molecule has 1 aliphatic rings. The number of aryl methyl sites for hydroxylation is 1. The lowest BCUT2D eigenvalue weighted by Gasteiger charge is -2.20. The Hall–Kier alpha value is -2.02. The van der Waals surface area contributed by atoms with Crippen molar-refractivity contribution in [1.82, 2.24) is 0 Å². The molecule has 0 fully saturated rings. The van der Waals surface area contributed by atoms with Gasteiger partial charge in [-0.15, -0.1) is 0 Å². The normalized spacial score (nSPS) is 15.3. The Kier molecular flexibility index (Phi) is 3.40. The van der Waals surface area contributed by atoms with E-state index < -0.39 is 15.6 Å². The Morgan fingerprint density at radius 1 is 1.05 bits per heavy atom. The quantitative estimate of drug-likeness (QED) is 0.618. The number of hydrogen-bond donors (Lipinski definition) is 0. The number of benzene rings is 2. The van der Waals surface area contributed by atoms with Crippen LogP contribution in [-0.4, -0.2) is 13.9 Å². The number of allylic oxidation sites excluding steroid dienone is 1. The van der Waals surface area contributed by atoms with E-state index in [-0.39, 0.29) is 5.76 Å². The Labute approximate surface area is 125 Å². The highest BCUT2D eigenvalue weighted by molar-refractivity contribution is 7.87. The minimum atomic E-state index is -5.66. The van der Waals surface area contributed by atoms with E-state index in [9.17, 15) is 21.6 Å². The first kappa shape index (κ1) is 14.9. The van der Waals surface area contributed by atoms with Gasteiger partial charge in [-0.25, -0.2) is 0 Å². The molecule has 2 aromatic carbocycles. The fourth-order valence-electron chi connectivity index (χ4n) is 2.54. The second-order valence-electron chi connectivity index (χ2n) is 4.90. The van der Waals surface area contributed by atoms with E-state index in [1.807, 2.05) is 24.3 Å². The van der Waals surface area contributed by atoms with Crippen LogP contribution in [0.2, 0.25) is 0 Å². The molecule has 0 aliphatic heterocycles. The van der Waals surface area contributed by atoms with Crippen molar-refractivity contribution in [3.8, 4) is 0 Å². The molecule has 0 N–H and O–H groups in total. The van der Waals surface area contributed by atoms with Crippen LogP contribution in [0.3, 0.4) is 0 Å². The molecule has 0 aromatic heterocycles. The van der Waals surface area contributed by atoms with Gasteiger partial charge in [0.2, 0.25) is 0 Å². The Bertz CT molecular complexity index is 867. The minimum Gasteiger partial charge on any atom is -0.376 e. The average Bonchev–Trinajstić information content (AvgIpc) is 2.46. The highest BCUT2D eigenvalue weighted by atomic mass is 32.2. The summed E-state index contributed by atoms with van der Waals surface area (Å²) in [6, 6.07) is 10.8. The lowest BCUT2D eigenvalue weighted by Crippen LogP contribution is -2.25. The number of halogens is 3. The van der Waals surface area contributed by atoms with Gasteiger partial charge >= 0.3 is 15.6 Å². The molecular formula is C15H11F3O3S. The Balaban J connectivity index is 2.08. The van der Waals surface area contributed by atoms with Crippen LogP contribution in [0, 0.1) is 0 Å². The van der Waals surface area contributed by atoms with E-state index in [2.05, 4.69) is 4.18 Å². The summed E-state index contributed by atoms with van der Waals surface area (Å²) in [5, 5.41) is 1.83. The highest BCUT2D eigenvalue weighted by Gasteiger charge is 2.49. The van der Waals surface area contributed by atoms with E-state index in [1.165, 1.54) is 6.08 Å². The van der Waals surface area contributed by atoms with Crippen molar-refractivity contribution < 1.29 is 25.8 Å². The molecule has 116 valence electrons. The van der Waals surface area contributed by atoms with Gasteiger partial charge in [0.15, 0.2) is 0 Å². The van der Waals surface area contributed by atoms with Crippen LogP contribution in [-0.2, 0) is 20.7 Å². The van der Waals surface area contributed by atoms with Crippen LogP contribution < -0.4 is 0 Å². The lowest BCUT2D eigenvalue weighted by molar-refractivity contribution is -0.0509. The molecule has 0 bridgehead atoms. The van der Waals surface area contributed by atoms with E-state index in [4.69, 9.17) is 0 Å². The Morgan fingerprint density at radius 3 is 2.50 bits per heavy atom. The molecular weight excluding hydrogens is 317 g/mol. The third-order valence-electron chi connectivity index (χ3n) is 3.51. The van der Waals surface area contributed by atoms with Crippen molar-refractivity contribution in [2.75, 3.05) is 0 Å². The Morgan fingerprint density at radius 2 is 1.77 bits per heavy atom. The molecule has 0 unspecified atom stereocenters. The lowest BCUT2D eigenvalue weighted by atomic mass is 9.91. The third-order valence-corrected chi connectivity index (χ3v) is 4.48. The van der Waals surface area contributed by atoms with Crippen molar-refractivity contribution in [2.24, 2.45) is 0 Å². The van der Waals surface area contributed by atoms with Crippen LogP contribution in [0.15, 0.2) is 42.5 Å². The van der Waals surface area contributed by atoms with Gasteiger partial charge in [-0.2, -0.15) is 21.6 Å². The molecule has 0 spiro atoms. The van der Waals surface area contributed by atoms with Crippen LogP contribution >= 0.6 is 0 Å². The topological polar surface area (TPSA) is 43.4 Å². The van der Waals surface area contributed by atoms with Crippen molar-refractivity contribution >= 4 is 26.6 Å². The van der Waals surface area contributed by atoms with Gasteiger partial charge in [0, 0.05) is 5.56 Å². The van der Waals surface area contributed by atoms with Crippen molar-refractivity contribution in [2.45, 2.75) is 18.3 Å². The summed E-state index contributed by atoms with van der Waals surface area (Å²) in [6.45, 7) is 0. The summed E-state index contributed by atoms with van der Waals surface area (Å²) in [5.74, 6) is -0.260. The molecule has 1 aliphatic carbocycles. The molecule has 3 rings (SSSR count). The fourth-order valence-corrected chi connectivity index (χ4v) is 3.03. The van der Waals surface area contributed by atoms with E-state index in [1.54, 1.807) is 12.1 Å². The van der Waals surface area contributed by atoms with Crippen molar-refractivity contribution in [3.63, 3.8) is 0 Å². The number of fused-ring (bicyclic) bond motifs is 3. The highest BCUT2D eigenvalue weighted by Crippen LogP contribution is 2.36. The van der Waals surface area contributed by atoms with Gasteiger partial charge in [-0.1, -0.05) is 36.4 Å². The van der Waals surface area contributed by atoms with E-state index in [0.717, 1.165) is 16.3 Å². The fraction of sp³-hybridized carbons (Fsp3) is 0.200.